The maximum absolute atomic E-state index is 3.55. The van der Waals surface area contributed by atoms with Crippen LogP contribution in [0, 0.1) is 11.8 Å². The van der Waals surface area contributed by atoms with E-state index in [0.29, 0.717) is 0 Å². The fourth-order valence-corrected chi connectivity index (χ4v) is 3.18. The molecule has 0 aliphatic carbocycles. The highest BCUT2D eigenvalue weighted by molar-refractivity contribution is 7.98. The molecular formula is C13H28N2S. The summed E-state index contributed by atoms with van der Waals surface area (Å²) < 4.78 is 0. The molecule has 1 fully saturated rings. The van der Waals surface area contributed by atoms with Gasteiger partial charge in [-0.2, -0.15) is 11.8 Å². The molecule has 16 heavy (non-hydrogen) atoms. The maximum Gasteiger partial charge on any atom is 0.00224 e. The minimum atomic E-state index is 0.845. The maximum atomic E-state index is 3.55. The Morgan fingerprint density at radius 2 is 2.31 bits per heavy atom. The van der Waals surface area contributed by atoms with Gasteiger partial charge in [-0.15, -0.1) is 0 Å². The van der Waals surface area contributed by atoms with E-state index in [-0.39, 0.29) is 0 Å². The number of thioether (sulfide) groups is 1. The van der Waals surface area contributed by atoms with Gasteiger partial charge in [0, 0.05) is 13.1 Å². The fraction of sp³-hybridized carbons (Fsp3) is 1.00. The number of likely N-dealkylation sites (tertiary alicyclic amines) is 1. The summed E-state index contributed by atoms with van der Waals surface area (Å²) in [5, 5.41) is 3.55. The number of hydrogen-bond acceptors (Lipinski definition) is 3. The van der Waals surface area contributed by atoms with Crippen molar-refractivity contribution in [3.05, 3.63) is 0 Å². The van der Waals surface area contributed by atoms with Crippen LogP contribution in [0.4, 0.5) is 0 Å². The molecule has 1 saturated heterocycles. The minimum absolute atomic E-state index is 0.845. The molecule has 1 heterocycles. The summed E-state index contributed by atoms with van der Waals surface area (Å²) in [6.07, 6.45) is 4.85. The Labute approximate surface area is 106 Å². The van der Waals surface area contributed by atoms with Gasteiger partial charge in [0.2, 0.25) is 0 Å². The highest BCUT2D eigenvalue weighted by Crippen LogP contribution is 2.17. The van der Waals surface area contributed by atoms with Gasteiger partial charge in [-0.05, 0) is 56.3 Å². The van der Waals surface area contributed by atoms with Gasteiger partial charge in [0.05, 0.1) is 0 Å². The SMILES string of the molecule is CCCNCC1CCN(CC(C)CSC)C1. The molecule has 0 spiro atoms. The Morgan fingerprint density at radius 1 is 1.50 bits per heavy atom. The van der Waals surface area contributed by atoms with Crippen LogP contribution in [0.2, 0.25) is 0 Å². The van der Waals surface area contributed by atoms with Gasteiger partial charge in [0.1, 0.15) is 0 Å². The summed E-state index contributed by atoms with van der Waals surface area (Å²) in [6.45, 7) is 10.9. The van der Waals surface area contributed by atoms with Crippen LogP contribution in [0.3, 0.4) is 0 Å². The first-order valence-electron chi connectivity index (χ1n) is 6.68. The van der Waals surface area contributed by atoms with Gasteiger partial charge in [0.15, 0.2) is 0 Å². The fourth-order valence-electron chi connectivity index (χ4n) is 2.51. The number of hydrogen-bond donors (Lipinski definition) is 1. The van der Waals surface area contributed by atoms with Gasteiger partial charge >= 0.3 is 0 Å². The van der Waals surface area contributed by atoms with Crippen LogP contribution < -0.4 is 5.32 Å². The quantitative estimate of drug-likeness (QED) is 0.660. The largest absolute Gasteiger partial charge is 0.316 e. The number of nitrogens with one attached hydrogen (secondary N) is 1. The lowest BCUT2D eigenvalue weighted by molar-refractivity contribution is 0.288. The highest BCUT2D eigenvalue weighted by Gasteiger charge is 2.22. The van der Waals surface area contributed by atoms with Gasteiger partial charge in [-0.3, -0.25) is 0 Å². The molecule has 2 unspecified atom stereocenters. The van der Waals surface area contributed by atoms with E-state index in [1.807, 2.05) is 11.8 Å². The van der Waals surface area contributed by atoms with Crippen LogP contribution in [-0.4, -0.2) is 49.6 Å². The van der Waals surface area contributed by atoms with Crippen molar-refractivity contribution in [3.8, 4) is 0 Å². The molecule has 1 aliphatic heterocycles. The van der Waals surface area contributed by atoms with E-state index in [4.69, 9.17) is 0 Å². The molecule has 0 bridgehead atoms. The van der Waals surface area contributed by atoms with Crippen molar-refractivity contribution in [1.29, 1.82) is 0 Å². The van der Waals surface area contributed by atoms with E-state index in [1.165, 1.54) is 51.3 Å². The second-order valence-corrected chi connectivity index (χ2v) is 6.09. The average molecular weight is 244 g/mol. The van der Waals surface area contributed by atoms with Crippen molar-refractivity contribution >= 4 is 11.8 Å². The van der Waals surface area contributed by atoms with Crippen molar-refractivity contribution in [2.45, 2.75) is 26.7 Å². The zero-order valence-electron chi connectivity index (χ0n) is 11.2. The third-order valence-corrected chi connectivity index (χ3v) is 4.15. The van der Waals surface area contributed by atoms with Gasteiger partial charge in [-0.1, -0.05) is 13.8 Å². The predicted molar refractivity (Wildman–Crippen MR) is 75.3 cm³/mol. The first-order valence-corrected chi connectivity index (χ1v) is 8.07. The zero-order valence-corrected chi connectivity index (χ0v) is 12.0. The number of rotatable bonds is 8. The van der Waals surface area contributed by atoms with Gasteiger partial charge in [-0.25, -0.2) is 0 Å². The van der Waals surface area contributed by atoms with Crippen LogP contribution in [0.1, 0.15) is 26.7 Å². The second-order valence-electron chi connectivity index (χ2n) is 5.18. The van der Waals surface area contributed by atoms with E-state index >= 15 is 0 Å². The Balaban J connectivity index is 2.09. The molecule has 0 saturated carbocycles. The smallest absolute Gasteiger partial charge is 0.00224 e. The van der Waals surface area contributed by atoms with Crippen molar-refractivity contribution in [3.63, 3.8) is 0 Å². The molecule has 0 amide bonds. The third kappa shape index (κ3) is 5.55. The Morgan fingerprint density at radius 3 is 3.00 bits per heavy atom. The van der Waals surface area contributed by atoms with E-state index in [9.17, 15) is 0 Å². The molecule has 0 aromatic heterocycles. The molecular weight excluding hydrogens is 216 g/mol. The molecule has 0 aromatic rings. The van der Waals surface area contributed by atoms with Crippen molar-refractivity contribution in [1.82, 2.24) is 10.2 Å². The molecule has 0 aromatic carbocycles. The molecule has 1 N–H and O–H groups in total. The molecule has 2 nitrogen and oxygen atoms in total. The van der Waals surface area contributed by atoms with Crippen molar-refractivity contribution < 1.29 is 0 Å². The Bertz CT molecular complexity index is 175. The summed E-state index contributed by atoms with van der Waals surface area (Å²) in [5.74, 6) is 3.04. The highest BCUT2D eigenvalue weighted by atomic mass is 32.2. The summed E-state index contributed by atoms with van der Waals surface area (Å²) in [7, 11) is 0. The lowest BCUT2D eigenvalue weighted by Gasteiger charge is -2.20. The number of nitrogens with zero attached hydrogens (tertiary/aromatic N) is 1. The Kier molecular flexibility index (Phi) is 7.50. The molecule has 2 atom stereocenters. The molecule has 96 valence electrons. The monoisotopic (exact) mass is 244 g/mol. The zero-order chi connectivity index (χ0) is 11.8. The van der Waals surface area contributed by atoms with Crippen molar-refractivity contribution in [2.24, 2.45) is 11.8 Å². The summed E-state index contributed by atoms with van der Waals surface area (Å²) in [5.41, 5.74) is 0. The first kappa shape index (κ1) is 14.3. The van der Waals surface area contributed by atoms with Crippen LogP contribution in [0.5, 0.6) is 0 Å². The summed E-state index contributed by atoms with van der Waals surface area (Å²) in [4.78, 5) is 2.65. The van der Waals surface area contributed by atoms with Gasteiger partial charge < -0.3 is 10.2 Å². The lowest BCUT2D eigenvalue weighted by Crippen LogP contribution is -2.30. The molecule has 1 rings (SSSR count). The summed E-state index contributed by atoms with van der Waals surface area (Å²) in [6, 6.07) is 0. The van der Waals surface area contributed by atoms with Crippen LogP contribution in [-0.2, 0) is 0 Å². The summed E-state index contributed by atoms with van der Waals surface area (Å²) >= 11 is 1.97. The predicted octanol–water partition coefficient (Wildman–Crippen LogP) is 2.31. The molecule has 1 aliphatic rings. The van der Waals surface area contributed by atoms with E-state index in [2.05, 4.69) is 30.3 Å². The van der Waals surface area contributed by atoms with Crippen LogP contribution >= 0.6 is 11.8 Å². The first-order chi connectivity index (χ1) is 7.76. The molecule has 0 radical (unpaired) electrons. The van der Waals surface area contributed by atoms with Crippen molar-refractivity contribution in [2.75, 3.05) is 44.7 Å². The topological polar surface area (TPSA) is 15.3 Å². The second kappa shape index (κ2) is 8.37. The van der Waals surface area contributed by atoms with Crippen LogP contribution in [0.25, 0.3) is 0 Å². The van der Waals surface area contributed by atoms with E-state index in [0.717, 1.165) is 11.8 Å². The van der Waals surface area contributed by atoms with Gasteiger partial charge in [0.25, 0.3) is 0 Å². The van der Waals surface area contributed by atoms with Crippen LogP contribution in [0.15, 0.2) is 0 Å². The average Bonchev–Trinajstić information content (AvgIpc) is 2.66. The normalized spacial score (nSPS) is 23.8. The molecule has 3 heteroatoms. The van der Waals surface area contributed by atoms with E-state index < -0.39 is 0 Å². The lowest BCUT2D eigenvalue weighted by atomic mass is 10.1. The van der Waals surface area contributed by atoms with E-state index in [1.54, 1.807) is 0 Å². The third-order valence-electron chi connectivity index (χ3n) is 3.25. The standard InChI is InChI=1S/C13H28N2S/c1-4-6-14-8-13-5-7-15(10-13)9-12(2)11-16-3/h12-14H,4-11H2,1-3H3. The Hall–Kier alpha value is 0.270. The minimum Gasteiger partial charge on any atom is -0.316 e.